The van der Waals surface area contributed by atoms with E-state index in [0.717, 1.165) is 15.9 Å². The van der Waals surface area contributed by atoms with Crippen LogP contribution in [0.3, 0.4) is 0 Å². The van der Waals surface area contributed by atoms with Gasteiger partial charge in [0.15, 0.2) is 0 Å². The van der Waals surface area contributed by atoms with Crippen molar-refractivity contribution >= 4 is 27.5 Å². The van der Waals surface area contributed by atoms with Crippen LogP contribution < -0.4 is 5.32 Å². The molecule has 2 aromatic rings. The quantitative estimate of drug-likeness (QED) is 0.887. The van der Waals surface area contributed by atoms with Crippen molar-refractivity contribution in [3.05, 3.63) is 16.6 Å². The third-order valence-electron chi connectivity index (χ3n) is 3.44. The van der Waals surface area contributed by atoms with Gasteiger partial charge in [-0.05, 0) is 24.8 Å². The lowest BCUT2D eigenvalue weighted by atomic mass is 9.90. The van der Waals surface area contributed by atoms with Crippen LogP contribution in [0.4, 0.5) is 0 Å². The van der Waals surface area contributed by atoms with E-state index in [1.54, 1.807) is 0 Å². The molecule has 5 nitrogen and oxygen atoms in total. The maximum Gasteiger partial charge on any atom is 0.261 e. The van der Waals surface area contributed by atoms with Gasteiger partial charge < -0.3 is 10.4 Å². The smallest absolute Gasteiger partial charge is 0.261 e. The molecule has 0 spiro atoms. The van der Waals surface area contributed by atoms with Gasteiger partial charge in [-0.1, -0.05) is 13.8 Å². The Hall–Kier alpha value is -1.40. The molecule has 0 radical (unpaired) electrons. The van der Waals surface area contributed by atoms with Gasteiger partial charge in [-0.3, -0.25) is 9.48 Å². The summed E-state index contributed by atoms with van der Waals surface area (Å²) >= 11 is 1.46. The van der Waals surface area contributed by atoms with Crippen LogP contribution in [-0.2, 0) is 7.05 Å². The second-order valence-corrected chi connectivity index (χ2v) is 6.89. The summed E-state index contributed by atoms with van der Waals surface area (Å²) in [5, 5.41) is 17.3. The molecule has 2 N–H and O–H groups in total. The van der Waals surface area contributed by atoms with Gasteiger partial charge >= 0.3 is 0 Å². The van der Waals surface area contributed by atoms with Gasteiger partial charge in [0.2, 0.25) is 0 Å². The zero-order chi connectivity index (χ0) is 14.9. The van der Waals surface area contributed by atoms with Crippen LogP contribution in [0.1, 0.15) is 35.6 Å². The number of aliphatic hydroxyl groups excluding tert-OH is 1. The highest BCUT2D eigenvalue weighted by Crippen LogP contribution is 2.27. The molecule has 0 aliphatic heterocycles. The monoisotopic (exact) mass is 295 g/mol. The summed E-state index contributed by atoms with van der Waals surface area (Å²) in [6.07, 6.45) is 0.669. The van der Waals surface area contributed by atoms with Crippen LogP contribution in [0, 0.1) is 12.3 Å². The number of carbonyl (C=O) groups excluding carboxylic acids is 1. The zero-order valence-electron chi connectivity index (χ0n) is 12.4. The molecule has 2 aromatic heterocycles. The number of aromatic nitrogens is 2. The van der Waals surface area contributed by atoms with Crippen LogP contribution in [0.25, 0.3) is 10.2 Å². The largest absolute Gasteiger partial charge is 0.396 e. The lowest BCUT2D eigenvalue weighted by Crippen LogP contribution is -2.34. The maximum absolute atomic E-state index is 12.2. The van der Waals surface area contributed by atoms with E-state index in [9.17, 15) is 4.79 Å². The van der Waals surface area contributed by atoms with E-state index in [1.165, 1.54) is 11.3 Å². The molecule has 0 saturated heterocycles. The fraction of sp³-hybridized carbons (Fsp3) is 0.571. The summed E-state index contributed by atoms with van der Waals surface area (Å²) in [6, 6.07) is 1.90. The minimum absolute atomic E-state index is 0.0587. The minimum Gasteiger partial charge on any atom is -0.396 e. The van der Waals surface area contributed by atoms with Gasteiger partial charge in [-0.25, -0.2) is 0 Å². The van der Waals surface area contributed by atoms with E-state index in [-0.39, 0.29) is 17.9 Å². The van der Waals surface area contributed by atoms with Crippen molar-refractivity contribution in [2.75, 3.05) is 13.2 Å². The molecule has 1 amide bonds. The fourth-order valence-electron chi connectivity index (χ4n) is 2.11. The third kappa shape index (κ3) is 3.02. The predicted octanol–water partition coefficient (Wildman–Crippen LogP) is 2.08. The van der Waals surface area contributed by atoms with Crippen molar-refractivity contribution in [3.63, 3.8) is 0 Å². The van der Waals surface area contributed by atoms with E-state index in [2.05, 4.69) is 10.4 Å². The summed E-state index contributed by atoms with van der Waals surface area (Å²) < 4.78 is 1.81. The molecule has 0 fully saturated rings. The normalized spacial score (nSPS) is 12.1. The van der Waals surface area contributed by atoms with Crippen LogP contribution in [0.2, 0.25) is 0 Å². The van der Waals surface area contributed by atoms with Crippen LogP contribution in [-0.4, -0.2) is 33.9 Å². The average molecular weight is 295 g/mol. The first-order chi connectivity index (χ1) is 9.34. The average Bonchev–Trinajstić information content (AvgIpc) is 2.90. The van der Waals surface area contributed by atoms with Crippen molar-refractivity contribution in [2.45, 2.75) is 27.2 Å². The Morgan fingerprint density at radius 3 is 2.85 bits per heavy atom. The summed E-state index contributed by atoms with van der Waals surface area (Å²) in [5.41, 5.74) is 0.844. The van der Waals surface area contributed by atoms with Gasteiger partial charge in [-0.2, -0.15) is 5.10 Å². The number of thiophene rings is 1. The third-order valence-corrected chi connectivity index (χ3v) is 4.64. The first-order valence-corrected chi connectivity index (χ1v) is 7.48. The molecular weight excluding hydrogens is 274 g/mol. The van der Waals surface area contributed by atoms with E-state index in [4.69, 9.17) is 5.11 Å². The number of hydrogen-bond donors (Lipinski definition) is 2. The molecule has 0 saturated carbocycles. The van der Waals surface area contributed by atoms with E-state index < -0.39 is 0 Å². The van der Waals surface area contributed by atoms with Crippen LogP contribution in [0.5, 0.6) is 0 Å². The standard InChI is InChI=1S/C14H21N3O2S/c1-9-10-7-11(20-13(10)17(4)16-9)12(19)15-8-14(2,3)5-6-18/h7,18H,5-6,8H2,1-4H3,(H,15,19). The minimum atomic E-state index is -0.0986. The number of rotatable bonds is 5. The first-order valence-electron chi connectivity index (χ1n) is 6.66. The summed E-state index contributed by atoms with van der Waals surface area (Å²) in [5.74, 6) is -0.0587. The second kappa shape index (κ2) is 5.54. The van der Waals surface area contributed by atoms with Gasteiger partial charge in [0.25, 0.3) is 5.91 Å². The van der Waals surface area contributed by atoms with Gasteiger partial charge in [-0.15, -0.1) is 11.3 Å². The van der Waals surface area contributed by atoms with Crippen molar-refractivity contribution < 1.29 is 9.90 Å². The number of nitrogens with zero attached hydrogens (tertiary/aromatic N) is 2. The molecule has 110 valence electrons. The Bertz CT molecular complexity index is 593. The van der Waals surface area contributed by atoms with Crippen molar-refractivity contribution in [2.24, 2.45) is 12.5 Å². The molecule has 6 heteroatoms. The highest BCUT2D eigenvalue weighted by atomic mass is 32.1. The predicted molar refractivity (Wildman–Crippen MR) is 81.1 cm³/mol. The summed E-state index contributed by atoms with van der Waals surface area (Å²) in [7, 11) is 1.89. The first kappa shape index (κ1) is 15.0. The zero-order valence-corrected chi connectivity index (χ0v) is 13.2. The molecule has 0 atom stereocenters. The molecule has 2 rings (SSSR count). The highest BCUT2D eigenvalue weighted by molar-refractivity contribution is 7.20. The summed E-state index contributed by atoms with van der Waals surface area (Å²) in [6.45, 7) is 6.70. The molecule has 2 heterocycles. The molecule has 0 aliphatic rings. The van der Waals surface area contributed by atoms with E-state index in [1.807, 2.05) is 38.6 Å². The topological polar surface area (TPSA) is 67.2 Å². The number of fused-ring (bicyclic) bond motifs is 1. The van der Waals surface area contributed by atoms with Gasteiger partial charge in [0.1, 0.15) is 4.83 Å². The maximum atomic E-state index is 12.2. The van der Waals surface area contributed by atoms with E-state index >= 15 is 0 Å². The van der Waals surface area contributed by atoms with Crippen LogP contribution >= 0.6 is 11.3 Å². The molecule has 0 aromatic carbocycles. The number of aliphatic hydroxyl groups is 1. The molecular formula is C14H21N3O2S. The molecule has 0 unspecified atom stereocenters. The molecule has 0 aliphatic carbocycles. The molecule has 20 heavy (non-hydrogen) atoms. The van der Waals surface area contributed by atoms with Crippen molar-refractivity contribution in [3.8, 4) is 0 Å². The van der Waals surface area contributed by atoms with Gasteiger partial charge in [0.05, 0.1) is 10.6 Å². The van der Waals surface area contributed by atoms with Crippen molar-refractivity contribution in [1.82, 2.24) is 15.1 Å². The van der Waals surface area contributed by atoms with Crippen LogP contribution in [0.15, 0.2) is 6.07 Å². The number of nitrogens with one attached hydrogen (secondary N) is 1. The number of hydrogen-bond acceptors (Lipinski definition) is 4. The van der Waals surface area contributed by atoms with Crippen molar-refractivity contribution in [1.29, 1.82) is 0 Å². The Kier molecular flexibility index (Phi) is 4.15. The Morgan fingerprint density at radius 2 is 2.25 bits per heavy atom. The molecule has 0 bridgehead atoms. The number of amides is 1. The Balaban J connectivity index is 2.10. The highest BCUT2D eigenvalue weighted by Gasteiger charge is 2.20. The number of carbonyl (C=O) groups is 1. The lowest BCUT2D eigenvalue weighted by Gasteiger charge is -2.23. The number of aryl methyl sites for hydroxylation is 2. The van der Waals surface area contributed by atoms with Gasteiger partial charge in [0, 0.05) is 25.6 Å². The fourth-order valence-corrected chi connectivity index (χ4v) is 3.15. The Labute approximate surface area is 122 Å². The SMILES string of the molecule is Cc1nn(C)c2sc(C(=O)NCC(C)(C)CCO)cc12. The second-order valence-electron chi connectivity index (χ2n) is 5.86. The lowest BCUT2D eigenvalue weighted by molar-refractivity contribution is 0.0932. The summed E-state index contributed by atoms with van der Waals surface area (Å²) in [4.78, 5) is 13.9. The Morgan fingerprint density at radius 1 is 1.55 bits per heavy atom. The van der Waals surface area contributed by atoms with E-state index in [0.29, 0.717) is 17.8 Å².